The Bertz CT molecular complexity index is 845. The van der Waals surface area contributed by atoms with Gasteiger partial charge in [0.05, 0.1) is 14.2 Å². The SMILES string of the molecule is COC1=C[C@@H]2[C@@H]3Cc4ccc(OC)c(OC(C)=O)c4[C@]2(CCN3C)CC1=O. The number of rotatable bonds is 3. The second kappa shape index (κ2) is 6.37. The summed E-state index contributed by atoms with van der Waals surface area (Å²) >= 11 is 0. The van der Waals surface area contributed by atoms with Crippen molar-refractivity contribution in [3.63, 3.8) is 0 Å². The fraction of sp³-hybridized carbons (Fsp3) is 0.524. The van der Waals surface area contributed by atoms with E-state index in [1.165, 1.54) is 6.92 Å². The van der Waals surface area contributed by atoms with Gasteiger partial charge >= 0.3 is 5.97 Å². The minimum absolute atomic E-state index is 0.00139. The number of esters is 1. The summed E-state index contributed by atoms with van der Waals surface area (Å²) in [6.07, 6.45) is 4.00. The Morgan fingerprint density at radius 3 is 2.70 bits per heavy atom. The number of piperidine rings is 1. The molecule has 4 rings (SSSR count). The third kappa shape index (κ3) is 2.57. The van der Waals surface area contributed by atoms with Crippen molar-refractivity contribution >= 4 is 11.8 Å². The van der Waals surface area contributed by atoms with Crippen LogP contribution in [0.1, 0.15) is 30.9 Å². The first-order valence-corrected chi connectivity index (χ1v) is 9.29. The average molecular weight is 371 g/mol. The Kier molecular flexibility index (Phi) is 4.26. The first-order valence-electron chi connectivity index (χ1n) is 9.29. The molecule has 0 spiro atoms. The Labute approximate surface area is 159 Å². The molecule has 1 aliphatic heterocycles. The fourth-order valence-electron chi connectivity index (χ4n) is 5.25. The van der Waals surface area contributed by atoms with Crippen molar-refractivity contribution in [3.8, 4) is 11.5 Å². The molecule has 0 radical (unpaired) electrons. The molecule has 1 saturated heterocycles. The molecule has 0 amide bonds. The fourth-order valence-corrected chi connectivity index (χ4v) is 5.25. The summed E-state index contributed by atoms with van der Waals surface area (Å²) in [6, 6.07) is 4.18. The molecule has 0 aromatic heterocycles. The maximum absolute atomic E-state index is 12.8. The van der Waals surface area contributed by atoms with Crippen LogP contribution in [0.15, 0.2) is 24.0 Å². The van der Waals surface area contributed by atoms with Gasteiger partial charge in [-0.1, -0.05) is 6.07 Å². The standard InChI is InChI=1S/C21H25NO5/c1-12(23)27-20-17(25-3)6-5-13-9-15-14-10-18(26-4)16(24)11-21(14,19(13)20)7-8-22(15)2/h5-6,10,14-15H,7-9,11H2,1-4H3/t14-,15+,21-/m1/s1. The summed E-state index contributed by atoms with van der Waals surface area (Å²) in [5.74, 6) is 1.18. The van der Waals surface area contributed by atoms with E-state index in [0.29, 0.717) is 23.7 Å². The molecular formula is C21H25NO5. The van der Waals surface area contributed by atoms with Crippen molar-refractivity contribution in [3.05, 3.63) is 35.1 Å². The number of carbonyl (C=O) groups excluding carboxylic acids is 2. The van der Waals surface area contributed by atoms with Crippen molar-refractivity contribution in [2.45, 2.75) is 37.6 Å². The number of nitrogens with zero attached hydrogens (tertiary/aromatic N) is 1. The third-order valence-corrected chi connectivity index (χ3v) is 6.43. The van der Waals surface area contributed by atoms with Crippen LogP contribution in [0.4, 0.5) is 0 Å². The van der Waals surface area contributed by atoms with Gasteiger partial charge in [0, 0.05) is 36.3 Å². The zero-order valence-electron chi connectivity index (χ0n) is 16.2. The van der Waals surface area contributed by atoms with Crippen molar-refractivity contribution in [2.24, 2.45) is 5.92 Å². The summed E-state index contributed by atoms with van der Waals surface area (Å²) in [5, 5.41) is 0. The van der Waals surface area contributed by atoms with Crippen LogP contribution >= 0.6 is 0 Å². The van der Waals surface area contributed by atoms with Crippen molar-refractivity contribution < 1.29 is 23.8 Å². The number of ether oxygens (including phenoxy) is 3. The van der Waals surface area contributed by atoms with Gasteiger partial charge in [0.25, 0.3) is 0 Å². The van der Waals surface area contributed by atoms with Gasteiger partial charge in [-0.2, -0.15) is 0 Å². The molecule has 0 saturated carbocycles. The smallest absolute Gasteiger partial charge is 0.308 e. The zero-order chi connectivity index (χ0) is 19.3. The molecule has 1 heterocycles. The predicted molar refractivity (Wildman–Crippen MR) is 98.9 cm³/mol. The number of methoxy groups -OCH3 is 2. The Morgan fingerprint density at radius 2 is 2.04 bits per heavy atom. The van der Waals surface area contributed by atoms with Crippen molar-refractivity contribution in [1.82, 2.24) is 4.90 Å². The Balaban J connectivity index is 1.98. The average Bonchev–Trinajstić information content (AvgIpc) is 2.63. The molecule has 0 N–H and O–H groups in total. The number of Topliss-reactive ketones (excluding diaryl/α,β-unsaturated/α-hetero) is 1. The molecule has 27 heavy (non-hydrogen) atoms. The van der Waals surface area contributed by atoms with Crippen molar-refractivity contribution in [1.29, 1.82) is 0 Å². The number of hydrogen-bond donors (Lipinski definition) is 0. The van der Waals surface area contributed by atoms with Gasteiger partial charge in [0.15, 0.2) is 23.0 Å². The third-order valence-electron chi connectivity index (χ3n) is 6.43. The van der Waals surface area contributed by atoms with E-state index in [1.807, 2.05) is 18.2 Å². The summed E-state index contributed by atoms with van der Waals surface area (Å²) in [6.45, 7) is 2.28. The van der Waals surface area contributed by atoms with Crippen LogP contribution in [-0.2, 0) is 26.2 Å². The van der Waals surface area contributed by atoms with Gasteiger partial charge in [-0.15, -0.1) is 0 Å². The molecule has 3 aliphatic rings. The maximum Gasteiger partial charge on any atom is 0.308 e. The van der Waals surface area contributed by atoms with E-state index in [1.54, 1.807) is 14.2 Å². The summed E-state index contributed by atoms with van der Waals surface area (Å²) < 4.78 is 16.5. The van der Waals surface area contributed by atoms with Gasteiger partial charge in [0.2, 0.25) is 0 Å². The number of likely N-dealkylation sites (N-methyl/N-ethyl adjacent to an activating group) is 1. The largest absolute Gasteiger partial charge is 0.493 e. The van der Waals surface area contributed by atoms with Gasteiger partial charge < -0.3 is 19.1 Å². The van der Waals surface area contributed by atoms with Crippen LogP contribution in [0, 0.1) is 5.92 Å². The number of benzene rings is 1. The lowest BCUT2D eigenvalue weighted by molar-refractivity contribution is -0.132. The van der Waals surface area contributed by atoms with E-state index in [4.69, 9.17) is 14.2 Å². The summed E-state index contributed by atoms with van der Waals surface area (Å²) in [4.78, 5) is 27.0. The molecule has 2 aliphatic carbocycles. The highest BCUT2D eigenvalue weighted by atomic mass is 16.6. The lowest BCUT2D eigenvalue weighted by Crippen LogP contribution is -2.60. The normalized spacial score (nSPS) is 29.3. The van der Waals surface area contributed by atoms with Gasteiger partial charge in [-0.3, -0.25) is 9.59 Å². The van der Waals surface area contributed by atoms with Crippen LogP contribution in [0.25, 0.3) is 0 Å². The number of ketones is 1. The highest BCUT2D eigenvalue weighted by molar-refractivity contribution is 5.96. The molecule has 1 fully saturated rings. The molecule has 144 valence electrons. The monoisotopic (exact) mass is 371 g/mol. The number of hydrogen-bond acceptors (Lipinski definition) is 6. The van der Waals surface area contributed by atoms with E-state index in [-0.39, 0.29) is 23.7 Å². The zero-order valence-corrected chi connectivity index (χ0v) is 16.2. The predicted octanol–water partition coefficient (Wildman–Crippen LogP) is 2.24. The number of likely N-dealkylation sites (tertiary alicyclic amines) is 1. The second-order valence-electron chi connectivity index (χ2n) is 7.74. The summed E-state index contributed by atoms with van der Waals surface area (Å²) in [7, 11) is 5.25. The number of fused-ring (bicyclic) bond motifs is 1. The van der Waals surface area contributed by atoms with Gasteiger partial charge in [-0.25, -0.2) is 0 Å². The molecule has 3 atom stereocenters. The molecular weight excluding hydrogens is 346 g/mol. The Morgan fingerprint density at radius 1 is 1.26 bits per heavy atom. The van der Waals surface area contributed by atoms with E-state index in [2.05, 4.69) is 11.9 Å². The first-order chi connectivity index (χ1) is 12.9. The van der Waals surface area contributed by atoms with Gasteiger partial charge in [0.1, 0.15) is 0 Å². The molecule has 1 aromatic carbocycles. The molecule has 6 nitrogen and oxygen atoms in total. The highest BCUT2D eigenvalue weighted by Gasteiger charge is 2.56. The van der Waals surface area contributed by atoms with Crippen LogP contribution < -0.4 is 9.47 Å². The van der Waals surface area contributed by atoms with E-state index in [0.717, 1.165) is 30.5 Å². The first kappa shape index (κ1) is 18.0. The Hall–Kier alpha value is -2.34. The number of carbonyl (C=O) groups is 2. The van der Waals surface area contributed by atoms with Crippen molar-refractivity contribution in [2.75, 3.05) is 27.8 Å². The summed E-state index contributed by atoms with van der Waals surface area (Å²) in [5.41, 5.74) is 1.69. The number of allylic oxidation sites excluding steroid dienone is 1. The van der Waals surface area contributed by atoms with Crippen LogP contribution in [-0.4, -0.2) is 50.5 Å². The van der Waals surface area contributed by atoms with Gasteiger partial charge in [-0.05, 0) is 44.1 Å². The quantitative estimate of drug-likeness (QED) is 0.600. The van der Waals surface area contributed by atoms with Crippen LogP contribution in [0.5, 0.6) is 11.5 Å². The van der Waals surface area contributed by atoms with Crippen LogP contribution in [0.3, 0.4) is 0 Å². The molecule has 6 heteroatoms. The van der Waals surface area contributed by atoms with Crippen LogP contribution in [0.2, 0.25) is 0 Å². The lowest BCUT2D eigenvalue weighted by atomic mass is 9.53. The maximum atomic E-state index is 12.8. The molecule has 0 unspecified atom stereocenters. The second-order valence-corrected chi connectivity index (χ2v) is 7.74. The lowest BCUT2D eigenvalue weighted by Gasteiger charge is -2.56. The highest BCUT2D eigenvalue weighted by Crippen LogP contribution is 2.57. The topological polar surface area (TPSA) is 65.1 Å². The minimum Gasteiger partial charge on any atom is -0.493 e. The van der Waals surface area contributed by atoms with E-state index in [9.17, 15) is 9.59 Å². The molecule has 2 bridgehead atoms. The minimum atomic E-state index is -0.400. The van der Waals surface area contributed by atoms with E-state index >= 15 is 0 Å². The molecule has 1 aromatic rings. The van der Waals surface area contributed by atoms with E-state index < -0.39 is 5.41 Å².